The van der Waals surface area contributed by atoms with E-state index in [1.54, 1.807) is 0 Å². The van der Waals surface area contributed by atoms with E-state index >= 15 is 0 Å². The number of aryl methyl sites for hydroxylation is 4. The lowest BCUT2D eigenvalue weighted by atomic mass is 9.73. The number of hydrogen-bond acceptors (Lipinski definition) is 2. The third-order valence-electron chi connectivity index (χ3n) is 4.39. The summed E-state index contributed by atoms with van der Waals surface area (Å²) in [5.41, 5.74) is 13.4. The van der Waals surface area contributed by atoms with Gasteiger partial charge in [-0.15, -0.1) is 0 Å². The van der Waals surface area contributed by atoms with E-state index in [-0.39, 0.29) is 5.41 Å². The molecule has 2 aromatic rings. The van der Waals surface area contributed by atoms with Gasteiger partial charge in [-0.1, -0.05) is 26.0 Å². The van der Waals surface area contributed by atoms with E-state index in [9.17, 15) is 5.11 Å². The van der Waals surface area contributed by atoms with Gasteiger partial charge in [0.25, 0.3) is 0 Å². The molecule has 0 heterocycles. The molecule has 0 amide bonds. The highest BCUT2D eigenvalue weighted by Gasteiger charge is 2.27. The summed E-state index contributed by atoms with van der Waals surface area (Å²) < 4.78 is 0. The number of phenolic OH excluding ortho intramolecular Hbond substituents is 1. The van der Waals surface area contributed by atoms with Gasteiger partial charge < -0.3 is 10.8 Å². The summed E-state index contributed by atoms with van der Waals surface area (Å²) in [5.74, 6) is 0.389. The van der Waals surface area contributed by atoms with Crippen LogP contribution in [0.3, 0.4) is 0 Å². The molecule has 2 heteroatoms. The van der Waals surface area contributed by atoms with Gasteiger partial charge in [0.1, 0.15) is 5.75 Å². The molecule has 0 spiro atoms. The Kier molecular flexibility index (Phi) is 3.75. The third kappa shape index (κ3) is 2.63. The van der Waals surface area contributed by atoms with Gasteiger partial charge in [-0.25, -0.2) is 0 Å². The quantitative estimate of drug-likeness (QED) is 0.795. The molecule has 0 aliphatic heterocycles. The Balaban J connectivity index is 2.68. The van der Waals surface area contributed by atoms with Crippen LogP contribution in [0.25, 0.3) is 0 Å². The van der Waals surface area contributed by atoms with Crippen molar-refractivity contribution in [2.24, 2.45) is 0 Å². The molecule has 2 nitrogen and oxygen atoms in total. The molecule has 0 bridgehead atoms. The first kappa shape index (κ1) is 15.4. The molecular weight excluding hydrogens is 258 g/mol. The molecule has 0 saturated heterocycles. The highest BCUT2D eigenvalue weighted by Crippen LogP contribution is 2.39. The molecule has 0 saturated carbocycles. The summed E-state index contributed by atoms with van der Waals surface area (Å²) in [5, 5.41) is 10.00. The summed E-state index contributed by atoms with van der Waals surface area (Å²) in [4.78, 5) is 0. The number of rotatable bonds is 2. The maximum absolute atomic E-state index is 10.00. The zero-order chi connectivity index (χ0) is 15.9. The van der Waals surface area contributed by atoms with Crippen LogP contribution in [0.4, 0.5) is 5.69 Å². The maximum Gasteiger partial charge on any atom is 0.121 e. The lowest BCUT2D eigenvalue weighted by Gasteiger charge is -2.31. The molecule has 112 valence electrons. The van der Waals surface area contributed by atoms with Crippen molar-refractivity contribution in [3.05, 3.63) is 57.6 Å². The molecule has 0 radical (unpaired) electrons. The van der Waals surface area contributed by atoms with Crippen LogP contribution in [0.5, 0.6) is 5.75 Å². The molecule has 0 unspecified atom stereocenters. The van der Waals surface area contributed by atoms with Crippen molar-refractivity contribution in [1.82, 2.24) is 0 Å². The Morgan fingerprint density at radius 1 is 0.810 bits per heavy atom. The minimum atomic E-state index is -0.134. The smallest absolute Gasteiger partial charge is 0.121 e. The maximum atomic E-state index is 10.00. The van der Waals surface area contributed by atoms with Gasteiger partial charge in [0.15, 0.2) is 0 Å². The van der Waals surface area contributed by atoms with Gasteiger partial charge in [-0.2, -0.15) is 0 Å². The topological polar surface area (TPSA) is 46.2 Å². The van der Waals surface area contributed by atoms with Crippen LogP contribution < -0.4 is 5.73 Å². The summed E-state index contributed by atoms with van der Waals surface area (Å²) in [6.07, 6.45) is 0. The second-order valence-electron chi connectivity index (χ2n) is 6.61. The highest BCUT2D eigenvalue weighted by atomic mass is 16.3. The van der Waals surface area contributed by atoms with Crippen LogP contribution >= 0.6 is 0 Å². The number of nitrogen functional groups attached to an aromatic ring is 1. The zero-order valence-electron chi connectivity index (χ0n) is 13.8. The number of anilines is 1. The summed E-state index contributed by atoms with van der Waals surface area (Å²) in [6.45, 7) is 12.6. The second-order valence-corrected chi connectivity index (χ2v) is 6.61. The molecule has 21 heavy (non-hydrogen) atoms. The van der Waals surface area contributed by atoms with E-state index in [2.05, 4.69) is 39.8 Å². The first-order valence-corrected chi connectivity index (χ1v) is 7.32. The summed E-state index contributed by atoms with van der Waals surface area (Å²) in [6, 6.07) is 8.23. The number of phenols is 1. The standard InChI is InChI=1S/C19H25NO/c1-11-9-16(20)10-12(2)17(11)19(5,6)15-7-13(3)18(21)14(4)8-15/h7-10,21H,20H2,1-6H3. The molecule has 0 aliphatic carbocycles. The Hall–Kier alpha value is -1.96. The van der Waals surface area contributed by atoms with Gasteiger partial charge in [0.2, 0.25) is 0 Å². The number of nitrogens with two attached hydrogens (primary N) is 1. The largest absolute Gasteiger partial charge is 0.507 e. The van der Waals surface area contributed by atoms with E-state index in [0.717, 1.165) is 16.8 Å². The minimum absolute atomic E-state index is 0.134. The fraction of sp³-hybridized carbons (Fsp3) is 0.368. The molecule has 2 rings (SSSR count). The molecule has 0 fully saturated rings. The van der Waals surface area contributed by atoms with Crippen LogP contribution in [0, 0.1) is 27.7 Å². The van der Waals surface area contributed by atoms with Crippen molar-refractivity contribution in [3.8, 4) is 5.75 Å². The van der Waals surface area contributed by atoms with Crippen molar-refractivity contribution in [2.45, 2.75) is 47.0 Å². The summed E-state index contributed by atoms with van der Waals surface area (Å²) >= 11 is 0. The van der Waals surface area contributed by atoms with Crippen molar-refractivity contribution in [2.75, 3.05) is 5.73 Å². The van der Waals surface area contributed by atoms with Gasteiger partial charge in [0.05, 0.1) is 0 Å². The Morgan fingerprint density at radius 2 is 1.24 bits per heavy atom. The molecule has 2 aromatic carbocycles. The van der Waals surface area contributed by atoms with E-state index in [1.165, 1.54) is 22.3 Å². The fourth-order valence-corrected chi connectivity index (χ4v) is 3.44. The molecule has 3 N–H and O–H groups in total. The van der Waals surface area contributed by atoms with E-state index in [1.807, 2.05) is 26.0 Å². The van der Waals surface area contributed by atoms with Gasteiger partial charge in [-0.05, 0) is 73.2 Å². The van der Waals surface area contributed by atoms with Crippen LogP contribution in [0.2, 0.25) is 0 Å². The normalized spacial score (nSPS) is 11.7. The van der Waals surface area contributed by atoms with Crippen LogP contribution in [-0.2, 0) is 5.41 Å². The van der Waals surface area contributed by atoms with Gasteiger partial charge >= 0.3 is 0 Å². The Labute approximate surface area is 127 Å². The highest BCUT2D eigenvalue weighted by molar-refractivity contribution is 5.55. The van der Waals surface area contributed by atoms with Crippen LogP contribution in [-0.4, -0.2) is 5.11 Å². The molecule has 0 atom stereocenters. The number of benzene rings is 2. The van der Waals surface area contributed by atoms with Crippen molar-refractivity contribution in [3.63, 3.8) is 0 Å². The fourth-order valence-electron chi connectivity index (χ4n) is 3.44. The lowest BCUT2D eigenvalue weighted by molar-refractivity contribution is 0.465. The van der Waals surface area contributed by atoms with Crippen LogP contribution in [0.1, 0.15) is 47.2 Å². The second kappa shape index (κ2) is 5.10. The number of hydrogen-bond donors (Lipinski definition) is 2. The predicted molar refractivity (Wildman–Crippen MR) is 90.0 cm³/mol. The van der Waals surface area contributed by atoms with E-state index in [4.69, 9.17) is 5.73 Å². The monoisotopic (exact) mass is 283 g/mol. The Morgan fingerprint density at radius 3 is 1.67 bits per heavy atom. The Bertz CT molecular complexity index is 653. The van der Waals surface area contributed by atoms with E-state index < -0.39 is 0 Å². The molecule has 0 aliphatic rings. The van der Waals surface area contributed by atoms with Crippen LogP contribution in [0.15, 0.2) is 24.3 Å². The molecule has 0 aromatic heterocycles. The van der Waals surface area contributed by atoms with Crippen molar-refractivity contribution >= 4 is 5.69 Å². The average molecular weight is 283 g/mol. The SMILES string of the molecule is Cc1cc(C(C)(C)c2c(C)cc(N)cc2C)cc(C)c1O. The lowest BCUT2D eigenvalue weighted by Crippen LogP contribution is -2.22. The predicted octanol–water partition coefficient (Wildman–Crippen LogP) is 4.53. The van der Waals surface area contributed by atoms with Gasteiger partial charge in [0, 0.05) is 11.1 Å². The summed E-state index contributed by atoms with van der Waals surface area (Å²) in [7, 11) is 0. The third-order valence-corrected chi connectivity index (χ3v) is 4.39. The average Bonchev–Trinajstić information content (AvgIpc) is 2.33. The van der Waals surface area contributed by atoms with Crippen molar-refractivity contribution < 1.29 is 5.11 Å². The minimum Gasteiger partial charge on any atom is -0.507 e. The first-order chi connectivity index (χ1) is 9.64. The molecular formula is C19H25NO. The number of aromatic hydroxyl groups is 1. The zero-order valence-corrected chi connectivity index (χ0v) is 13.8. The van der Waals surface area contributed by atoms with Crippen molar-refractivity contribution in [1.29, 1.82) is 0 Å². The van der Waals surface area contributed by atoms with Gasteiger partial charge in [-0.3, -0.25) is 0 Å². The van der Waals surface area contributed by atoms with E-state index in [0.29, 0.717) is 5.75 Å². The first-order valence-electron chi connectivity index (χ1n) is 7.32.